The molecule has 17 heavy (non-hydrogen) atoms. The Morgan fingerprint density at radius 2 is 2.35 bits per heavy atom. The maximum Gasteiger partial charge on any atom is 0.292 e. The zero-order chi connectivity index (χ0) is 12.1. The van der Waals surface area contributed by atoms with Crippen molar-refractivity contribution in [3.05, 3.63) is 41.2 Å². The van der Waals surface area contributed by atoms with Crippen LogP contribution in [0, 0.1) is 6.92 Å². The molecule has 0 saturated heterocycles. The second kappa shape index (κ2) is 5.20. The number of benzene rings is 1. The first-order chi connectivity index (χ1) is 8.25. The van der Waals surface area contributed by atoms with Crippen molar-refractivity contribution in [2.24, 2.45) is 0 Å². The molecule has 1 aromatic carbocycles. The lowest BCUT2D eigenvalue weighted by molar-refractivity contribution is 0.0944. The van der Waals surface area contributed by atoms with Gasteiger partial charge in [0.1, 0.15) is 0 Å². The number of nitrogens with one attached hydrogen (secondary N) is 2. The lowest BCUT2D eigenvalue weighted by Gasteiger charge is -2.03. The van der Waals surface area contributed by atoms with E-state index in [0.29, 0.717) is 6.54 Å². The molecule has 0 fully saturated rings. The highest BCUT2D eigenvalue weighted by Crippen LogP contribution is 2.03. The number of amides is 1. The highest BCUT2D eigenvalue weighted by atomic mass is 16.2. The molecule has 0 aliphatic carbocycles. The van der Waals surface area contributed by atoms with Gasteiger partial charge in [0.25, 0.3) is 11.7 Å². The van der Waals surface area contributed by atoms with E-state index < -0.39 is 0 Å². The third-order valence-corrected chi connectivity index (χ3v) is 2.33. The average Bonchev–Trinajstić information content (AvgIpc) is 2.82. The Morgan fingerprint density at radius 3 is 3.06 bits per heavy atom. The third-order valence-electron chi connectivity index (χ3n) is 2.33. The molecule has 88 valence electrons. The van der Waals surface area contributed by atoms with E-state index in [1.165, 1.54) is 11.1 Å². The molecule has 0 aliphatic heterocycles. The molecule has 0 aliphatic rings. The second-order valence-corrected chi connectivity index (χ2v) is 3.73. The average molecular weight is 231 g/mol. The number of hydrogen-bond acceptors (Lipinski definition) is 4. The smallest absolute Gasteiger partial charge is 0.292 e. The minimum Gasteiger partial charge on any atom is -0.349 e. The van der Waals surface area contributed by atoms with Crippen molar-refractivity contribution in [1.82, 2.24) is 25.9 Å². The Balaban J connectivity index is 1.82. The van der Waals surface area contributed by atoms with Gasteiger partial charge in [0.05, 0.1) is 0 Å². The molecular weight excluding hydrogens is 218 g/mol. The van der Waals surface area contributed by atoms with Gasteiger partial charge in [0.15, 0.2) is 0 Å². The summed E-state index contributed by atoms with van der Waals surface area (Å²) < 4.78 is 0. The number of aryl methyl sites for hydroxylation is 1. The summed E-state index contributed by atoms with van der Waals surface area (Å²) in [6.07, 6.45) is 0.783. The quantitative estimate of drug-likeness (QED) is 0.801. The fourth-order valence-corrected chi connectivity index (χ4v) is 1.53. The van der Waals surface area contributed by atoms with Crippen molar-refractivity contribution < 1.29 is 4.79 Å². The lowest BCUT2D eigenvalue weighted by Crippen LogP contribution is -2.26. The van der Waals surface area contributed by atoms with Gasteiger partial charge in [-0.15, -0.1) is 10.2 Å². The van der Waals surface area contributed by atoms with Crippen LogP contribution in [0.1, 0.15) is 21.7 Å². The molecule has 1 heterocycles. The normalized spacial score (nSPS) is 10.2. The van der Waals surface area contributed by atoms with Crippen molar-refractivity contribution in [3.8, 4) is 0 Å². The monoisotopic (exact) mass is 231 g/mol. The van der Waals surface area contributed by atoms with Gasteiger partial charge in [-0.3, -0.25) is 4.79 Å². The number of rotatable bonds is 4. The fraction of sp³-hybridized carbons (Fsp3) is 0.273. The van der Waals surface area contributed by atoms with E-state index >= 15 is 0 Å². The van der Waals surface area contributed by atoms with E-state index in [-0.39, 0.29) is 11.7 Å². The van der Waals surface area contributed by atoms with Crippen LogP contribution in [0.2, 0.25) is 0 Å². The number of carbonyl (C=O) groups is 1. The zero-order valence-corrected chi connectivity index (χ0v) is 9.47. The first-order valence-electron chi connectivity index (χ1n) is 5.33. The number of nitrogens with zero attached hydrogens (tertiary/aromatic N) is 3. The van der Waals surface area contributed by atoms with Gasteiger partial charge in [0.2, 0.25) is 0 Å². The second-order valence-electron chi connectivity index (χ2n) is 3.73. The standard InChI is InChI=1S/C11H13N5O/c1-8-3-2-4-9(7-8)5-6-12-11(17)10-13-15-16-14-10/h2-4,7H,5-6H2,1H3,(H,12,17)(H,13,14,15,16). The molecule has 2 rings (SSSR count). The van der Waals surface area contributed by atoms with Crippen molar-refractivity contribution in [1.29, 1.82) is 0 Å². The minimum absolute atomic E-state index is 0.0641. The maximum absolute atomic E-state index is 11.5. The molecule has 6 heteroatoms. The Bertz CT molecular complexity index is 494. The summed E-state index contributed by atoms with van der Waals surface area (Å²) in [5, 5.41) is 15.5. The van der Waals surface area contributed by atoms with Gasteiger partial charge >= 0.3 is 0 Å². The van der Waals surface area contributed by atoms with E-state index in [0.717, 1.165) is 6.42 Å². The van der Waals surface area contributed by atoms with Crippen LogP contribution < -0.4 is 5.32 Å². The topological polar surface area (TPSA) is 83.6 Å². The summed E-state index contributed by atoms with van der Waals surface area (Å²) in [6, 6.07) is 8.18. The molecule has 2 aromatic rings. The van der Waals surface area contributed by atoms with Crippen LogP contribution in [0.4, 0.5) is 0 Å². The van der Waals surface area contributed by atoms with Crippen molar-refractivity contribution >= 4 is 5.91 Å². The number of tetrazole rings is 1. The van der Waals surface area contributed by atoms with Gasteiger partial charge in [-0.05, 0) is 24.1 Å². The highest BCUT2D eigenvalue weighted by molar-refractivity contribution is 5.89. The fourth-order valence-electron chi connectivity index (χ4n) is 1.53. The largest absolute Gasteiger partial charge is 0.349 e. The molecular formula is C11H13N5O. The van der Waals surface area contributed by atoms with Crippen LogP contribution in [-0.2, 0) is 6.42 Å². The van der Waals surface area contributed by atoms with Gasteiger partial charge in [-0.2, -0.15) is 5.21 Å². The van der Waals surface area contributed by atoms with E-state index in [1.54, 1.807) is 0 Å². The SMILES string of the molecule is Cc1cccc(CCNC(=O)c2nn[nH]n2)c1. The molecule has 1 aromatic heterocycles. The van der Waals surface area contributed by atoms with Crippen molar-refractivity contribution in [2.45, 2.75) is 13.3 Å². The third kappa shape index (κ3) is 3.10. The Labute approximate surface area is 98.4 Å². The molecule has 0 saturated carbocycles. The first kappa shape index (κ1) is 11.3. The van der Waals surface area contributed by atoms with Crippen LogP contribution in [0.25, 0.3) is 0 Å². The molecule has 0 unspecified atom stereocenters. The van der Waals surface area contributed by atoms with Crippen molar-refractivity contribution in [2.75, 3.05) is 6.54 Å². The van der Waals surface area contributed by atoms with Crippen LogP contribution in [-0.4, -0.2) is 33.1 Å². The summed E-state index contributed by atoms with van der Waals surface area (Å²) in [5.41, 5.74) is 2.41. The number of carbonyl (C=O) groups excluding carboxylic acids is 1. The first-order valence-corrected chi connectivity index (χ1v) is 5.33. The van der Waals surface area contributed by atoms with Crippen molar-refractivity contribution in [3.63, 3.8) is 0 Å². The van der Waals surface area contributed by atoms with Crippen LogP contribution >= 0.6 is 0 Å². The van der Waals surface area contributed by atoms with Gasteiger partial charge in [0, 0.05) is 6.54 Å². The van der Waals surface area contributed by atoms with Gasteiger partial charge in [-0.25, -0.2) is 0 Å². The molecule has 0 radical (unpaired) electrons. The van der Waals surface area contributed by atoms with E-state index in [1.807, 2.05) is 25.1 Å². The van der Waals surface area contributed by atoms with Gasteiger partial charge in [-0.1, -0.05) is 29.8 Å². The van der Waals surface area contributed by atoms with Crippen LogP contribution in [0.3, 0.4) is 0 Å². The number of aromatic amines is 1. The molecule has 0 atom stereocenters. The predicted octanol–water partition coefficient (Wildman–Crippen LogP) is 0.481. The maximum atomic E-state index is 11.5. The molecule has 0 spiro atoms. The molecule has 6 nitrogen and oxygen atoms in total. The summed E-state index contributed by atoms with van der Waals surface area (Å²) in [4.78, 5) is 11.5. The summed E-state index contributed by atoms with van der Waals surface area (Å²) in [6.45, 7) is 2.60. The molecule has 0 bridgehead atoms. The summed E-state index contributed by atoms with van der Waals surface area (Å²) in [5.74, 6) is -0.249. The number of aromatic nitrogens is 4. The number of hydrogen-bond donors (Lipinski definition) is 2. The summed E-state index contributed by atoms with van der Waals surface area (Å²) in [7, 11) is 0. The molecule has 1 amide bonds. The predicted molar refractivity (Wildman–Crippen MR) is 61.4 cm³/mol. The van der Waals surface area contributed by atoms with E-state index in [4.69, 9.17) is 0 Å². The highest BCUT2D eigenvalue weighted by Gasteiger charge is 2.08. The Morgan fingerprint density at radius 1 is 1.47 bits per heavy atom. The Kier molecular flexibility index (Phi) is 3.44. The van der Waals surface area contributed by atoms with Gasteiger partial charge < -0.3 is 5.32 Å². The van der Waals surface area contributed by atoms with E-state index in [2.05, 4.69) is 32.0 Å². The van der Waals surface area contributed by atoms with Crippen LogP contribution in [0.15, 0.2) is 24.3 Å². The lowest BCUT2D eigenvalue weighted by atomic mass is 10.1. The molecule has 2 N–H and O–H groups in total. The van der Waals surface area contributed by atoms with E-state index in [9.17, 15) is 4.79 Å². The zero-order valence-electron chi connectivity index (χ0n) is 9.47. The van der Waals surface area contributed by atoms with Crippen LogP contribution in [0.5, 0.6) is 0 Å². The number of H-pyrrole nitrogens is 1. The minimum atomic E-state index is -0.314. The Hall–Kier alpha value is -2.24. The summed E-state index contributed by atoms with van der Waals surface area (Å²) >= 11 is 0.